The van der Waals surface area contributed by atoms with E-state index < -0.39 is 5.91 Å². The van der Waals surface area contributed by atoms with E-state index in [1.165, 1.54) is 0 Å². The smallest absolute Gasteiger partial charge is 0.254 e. The standard InChI is InChI=1S/C11H19N3O4/c1-8(11(17)13-7-16)5-14(2)10-4-12-3-9(6-15)18-10/h5,7,9-10,12,15H,3-4,6H2,1-2H3,(H,13,16,17)/b8-5-. The summed E-state index contributed by atoms with van der Waals surface area (Å²) in [4.78, 5) is 23.2. The Bertz CT molecular complexity index is 332. The highest BCUT2D eigenvalue weighted by Crippen LogP contribution is 2.09. The van der Waals surface area contributed by atoms with E-state index in [0.29, 0.717) is 25.1 Å². The van der Waals surface area contributed by atoms with Gasteiger partial charge in [0.1, 0.15) is 6.23 Å². The molecule has 2 atom stereocenters. The van der Waals surface area contributed by atoms with Gasteiger partial charge >= 0.3 is 0 Å². The number of aliphatic hydroxyl groups excluding tert-OH is 1. The summed E-state index contributed by atoms with van der Waals surface area (Å²) in [6.07, 6.45) is 1.45. The molecule has 0 aromatic carbocycles. The Morgan fingerprint density at radius 1 is 1.61 bits per heavy atom. The number of ether oxygens (including phenoxy) is 1. The van der Waals surface area contributed by atoms with Crippen molar-refractivity contribution in [3.8, 4) is 0 Å². The quantitative estimate of drug-likeness (QED) is 0.406. The van der Waals surface area contributed by atoms with Crippen LogP contribution >= 0.6 is 0 Å². The van der Waals surface area contributed by atoms with Crippen molar-refractivity contribution in [2.45, 2.75) is 19.3 Å². The molecule has 0 aromatic rings. The van der Waals surface area contributed by atoms with Crippen molar-refractivity contribution in [1.29, 1.82) is 0 Å². The van der Waals surface area contributed by atoms with Gasteiger partial charge in [-0.3, -0.25) is 14.9 Å². The van der Waals surface area contributed by atoms with Crippen LogP contribution in [0, 0.1) is 0 Å². The van der Waals surface area contributed by atoms with Crippen LogP contribution in [0.3, 0.4) is 0 Å². The van der Waals surface area contributed by atoms with Crippen molar-refractivity contribution in [3.05, 3.63) is 11.8 Å². The van der Waals surface area contributed by atoms with Crippen molar-refractivity contribution < 1.29 is 19.4 Å². The fraction of sp³-hybridized carbons (Fsp3) is 0.636. The topological polar surface area (TPSA) is 90.9 Å². The molecule has 0 bridgehead atoms. The highest BCUT2D eigenvalue weighted by Gasteiger charge is 2.23. The van der Waals surface area contributed by atoms with Crippen LogP contribution in [0.5, 0.6) is 0 Å². The number of hydrogen-bond donors (Lipinski definition) is 3. The SMILES string of the molecule is C/C(=C/N(C)C1CNCC(CO)O1)C(=O)NC=O. The van der Waals surface area contributed by atoms with Gasteiger partial charge in [-0.2, -0.15) is 0 Å². The fourth-order valence-corrected chi connectivity index (χ4v) is 1.65. The Hall–Kier alpha value is -1.44. The minimum absolute atomic E-state index is 0.0499. The summed E-state index contributed by atoms with van der Waals surface area (Å²) < 4.78 is 5.61. The van der Waals surface area contributed by atoms with Gasteiger partial charge in [0.15, 0.2) is 0 Å². The number of morpholine rings is 1. The zero-order valence-corrected chi connectivity index (χ0v) is 10.5. The average Bonchev–Trinajstić information content (AvgIpc) is 2.39. The lowest BCUT2D eigenvalue weighted by atomic mass is 10.2. The second-order valence-electron chi connectivity index (χ2n) is 4.12. The number of imide groups is 1. The van der Waals surface area contributed by atoms with Gasteiger partial charge in [-0.25, -0.2) is 0 Å². The molecule has 2 unspecified atom stereocenters. The van der Waals surface area contributed by atoms with E-state index in [0.717, 1.165) is 0 Å². The lowest BCUT2D eigenvalue weighted by Crippen LogP contribution is -2.51. The minimum Gasteiger partial charge on any atom is -0.394 e. The molecule has 1 fully saturated rings. The number of carbonyl (C=O) groups is 2. The van der Waals surface area contributed by atoms with Crippen molar-refractivity contribution in [1.82, 2.24) is 15.5 Å². The predicted octanol–water partition coefficient (Wildman–Crippen LogP) is -1.60. The van der Waals surface area contributed by atoms with E-state index in [9.17, 15) is 9.59 Å². The largest absolute Gasteiger partial charge is 0.394 e. The first-order valence-electron chi connectivity index (χ1n) is 5.70. The van der Waals surface area contributed by atoms with Crippen LogP contribution in [0.25, 0.3) is 0 Å². The van der Waals surface area contributed by atoms with Gasteiger partial charge < -0.3 is 20.1 Å². The van der Waals surface area contributed by atoms with Crippen LogP contribution < -0.4 is 10.6 Å². The summed E-state index contributed by atoms with van der Waals surface area (Å²) in [6, 6.07) is 0. The Labute approximate surface area is 106 Å². The van der Waals surface area contributed by atoms with E-state index in [-0.39, 0.29) is 18.9 Å². The summed E-state index contributed by atoms with van der Waals surface area (Å²) in [5, 5.41) is 14.2. The molecule has 1 aliphatic heterocycles. The first kappa shape index (κ1) is 14.6. The molecule has 0 radical (unpaired) electrons. The summed E-state index contributed by atoms with van der Waals surface area (Å²) >= 11 is 0. The van der Waals surface area contributed by atoms with E-state index in [1.807, 2.05) is 0 Å². The molecule has 102 valence electrons. The maximum Gasteiger partial charge on any atom is 0.254 e. The summed E-state index contributed by atoms with van der Waals surface area (Å²) in [6.45, 7) is 2.77. The first-order chi connectivity index (χ1) is 8.58. The molecule has 0 aromatic heterocycles. The number of nitrogens with one attached hydrogen (secondary N) is 2. The lowest BCUT2D eigenvalue weighted by Gasteiger charge is -2.35. The van der Waals surface area contributed by atoms with Crippen LogP contribution in [0.1, 0.15) is 6.92 Å². The molecule has 1 rings (SSSR count). The summed E-state index contributed by atoms with van der Waals surface area (Å²) in [5.41, 5.74) is 0.402. The maximum absolute atomic E-state index is 11.3. The third kappa shape index (κ3) is 4.10. The maximum atomic E-state index is 11.3. The number of rotatable bonds is 5. The van der Waals surface area contributed by atoms with Crippen molar-refractivity contribution in [2.75, 3.05) is 26.7 Å². The Balaban J connectivity index is 2.57. The zero-order chi connectivity index (χ0) is 13.5. The minimum atomic E-state index is -0.445. The van der Waals surface area contributed by atoms with Gasteiger partial charge in [-0.1, -0.05) is 0 Å². The van der Waals surface area contributed by atoms with Crippen molar-refractivity contribution in [3.63, 3.8) is 0 Å². The monoisotopic (exact) mass is 257 g/mol. The zero-order valence-electron chi connectivity index (χ0n) is 10.5. The molecular formula is C11H19N3O4. The summed E-state index contributed by atoms with van der Waals surface area (Å²) in [5.74, 6) is -0.445. The first-order valence-corrected chi connectivity index (χ1v) is 5.70. The average molecular weight is 257 g/mol. The van der Waals surface area contributed by atoms with Gasteiger partial charge in [-0.05, 0) is 6.92 Å². The second kappa shape index (κ2) is 7.10. The molecule has 18 heavy (non-hydrogen) atoms. The van der Waals surface area contributed by atoms with Crippen molar-refractivity contribution >= 4 is 12.3 Å². The molecule has 7 heteroatoms. The number of nitrogens with zero attached hydrogens (tertiary/aromatic N) is 1. The molecule has 1 saturated heterocycles. The number of amides is 2. The van der Waals surface area contributed by atoms with Gasteiger partial charge in [0.05, 0.1) is 12.7 Å². The number of hydrogen-bond acceptors (Lipinski definition) is 6. The predicted molar refractivity (Wildman–Crippen MR) is 64.3 cm³/mol. The van der Waals surface area contributed by atoms with E-state index in [4.69, 9.17) is 9.84 Å². The Morgan fingerprint density at radius 2 is 2.33 bits per heavy atom. The third-order valence-corrected chi connectivity index (χ3v) is 2.64. The Morgan fingerprint density at radius 3 is 2.94 bits per heavy atom. The number of carbonyl (C=O) groups excluding carboxylic acids is 2. The molecule has 7 nitrogen and oxygen atoms in total. The normalized spacial score (nSPS) is 24.5. The molecule has 1 aliphatic rings. The van der Waals surface area contributed by atoms with Crippen LogP contribution in [-0.2, 0) is 14.3 Å². The van der Waals surface area contributed by atoms with Gasteiger partial charge in [-0.15, -0.1) is 0 Å². The summed E-state index contributed by atoms with van der Waals surface area (Å²) in [7, 11) is 1.77. The van der Waals surface area contributed by atoms with Crippen molar-refractivity contribution in [2.24, 2.45) is 0 Å². The van der Waals surface area contributed by atoms with Crippen LogP contribution in [-0.4, -0.2) is 61.4 Å². The molecule has 0 spiro atoms. The van der Waals surface area contributed by atoms with Gasteiger partial charge in [0.25, 0.3) is 5.91 Å². The molecule has 0 aliphatic carbocycles. The van der Waals surface area contributed by atoms with E-state index in [2.05, 4.69) is 10.6 Å². The number of likely N-dealkylation sites (N-methyl/N-ethyl adjacent to an activating group) is 1. The van der Waals surface area contributed by atoms with E-state index >= 15 is 0 Å². The second-order valence-corrected chi connectivity index (χ2v) is 4.12. The molecular weight excluding hydrogens is 238 g/mol. The van der Waals surface area contributed by atoms with Crippen LogP contribution in [0.15, 0.2) is 11.8 Å². The molecule has 3 N–H and O–H groups in total. The Kier molecular flexibility index (Phi) is 5.76. The van der Waals surface area contributed by atoms with Gasteiger partial charge in [0, 0.05) is 31.9 Å². The molecule has 0 saturated carbocycles. The third-order valence-electron chi connectivity index (χ3n) is 2.64. The van der Waals surface area contributed by atoms with Crippen LogP contribution in [0.4, 0.5) is 0 Å². The fourth-order valence-electron chi connectivity index (χ4n) is 1.65. The lowest BCUT2D eigenvalue weighted by molar-refractivity contribution is -0.122. The van der Waals surface area contributed by atoms with E-state index in [1.54, 1.807) is 25.1 Å². The number of aliphatic hydroxyl groups is 1. The van der Waals surface area contributed by atoms with Gasteiger partial charge in [0.2, 0.25) is 6.41 Å². The highest BCUT2D eigenvalue weighted by atomic mass is 16.5. The molecule has 1 heterocycles. The highest BCUT2D eigenvalue weighted by molar-refractivity contribution is 5.98. The van der Waals surface area contributed by atoms with Crippen LogP contribution in [0.2, 0.25) is 0 Å². The molecule has 2 amide bonds.